The van der Waals surface area contributed by atoms with Crippen molar-refractivity contribution in [1.29, 1.82) is 0 Å². The molecule has 1 atom stereocenters. The molecule has 0 bridgehead atoms. The summed E-state index contributed by atoms with van der Waals surface area (Å²) >= 11 is 0. The summed E-state index contributed by atoms with van der Waals surface area (Å²) in [6.07, 6.45) is 0.967. The first-order valence-corrected chi connectivity index (χ1v) is 5.70. The van der Waals surface area contributed by atoms with Crippen molar-refractivity contribution < 1.29 is 4.79 Å². The third kappa shape index (κ3) is 4.36. The van der Waals surface area contributed by atoms with Crippen molar-refractivity contribution in [1.82, 2.24) is 4.90 Å². The monoisotopic (exact) mass is 256 g/mol. The highest BCUT2D eigenvalue weighted by Gasteiger charge is 2.21. The first-order chi connectivity index (χ1) is 7.70. The molecule has 0 aliphatic heterocycles. The highest BCUT2D eigenvalue weighted by Crippen LogP contribution is 2.16. The average Bonchev–Trinajstić information content (AvgIpc) is 2.31. The van der Waals surface area contributed by atoms with Crippen LogP contribution in [0.2, 0.25) is 0 Å². The van der Waals surface area contributed by atoms with Gasteiger partial charge in [0.2, 0.25) is 5.91 Å². The Hall–Kier alpha value is -1.06. The lowest BCUT2D eigenvalue weighted by molar-refractivity contribution is -0.131. The molecule has 0 fully saturated rings. The fourth-order valence-electron chi connectivity index (χ4n) is 1.78. The van der Waals surface area contributed by atoms with E-state index in [0.717, 1.165) is 18.5 Å². The lowest BCUT2D eigenvalue weighted by Gasteiger charge is -2.22. The van der Waals surface area contributed by atoms with E-state index in [4.69, 9.17) is 5.73 Å². The molecule has 17 heavy (non-hydrogen) atoms. The number of carbonyl (C=O) groups excluding carboxylic acids is 1. The van der Waals surface area contributed by atoms with Gasteiger partial charge in [-0.25, -0.2) is 0 Å². The molecule has 4 heteroatoms. The maximum Gasteiger partial charge on any atom is 0.231 e. The lowest BCUT2D eigenvalue weighted by atomic mass is 9.98. The van der Waals surface area contributed by atoms with Crippen LogP contribution in [0, 0.1) is 0 Å². The molecule has 96 valence electrons. The molecule has 2 N–H and O–H groups in total. The summed E-state index contributed by atoms with van der Waals surface area (Å²) in [5.74, 6) is -0.103. The van der Waals surface area contributed by atoms with E-state index in [1.54, 1.807) is 4.90 Å². The quantitative estimate of drug-likeness (QED) is 0.876. The molecule has 0 spiro atoms. The van der Waals surface area contributed by atoms with Crippen LogP contribution in [0.4, 0.5) is 0 Å². The van der Waals surface area contributed by atoms with E-state index in [0.29, 0.717) is 6.54 Å². The summed E-state index contributed by atoms with van der Waals surface area (Å²) in [5, 5.41) is 0. The van der Waals surface area contributed by atoms with E-state index >= 15 is 0 Å². The van der Waals surface area contributed by atoms with Gasteiger partial charge in [0, 0.05) is 20.1 Å². The highest BCUT2D eigenvalue weighted by atomic mass is 35.5. The zero-order valence-electron chi connectivity index (χ0n) is 10.4. The first-order valence-electron chi connectivity index (χ1n) is 5.70. The van der Waals surface area contributed by atoms with Crippen LogP contribution >= 0.6 is 12.4 Å². The number of likely N-dealkylation sites (N-methyl/N-ethyl adjacent to an activating group) is 1. The summed E-state index contributed by atoms with van der Waals surface area (Å²) in [4.78, 5) is 13.9. The molecule has 0 radical (unpaired) electrons. The van der Waals surface area contributed by atoms with Gasteiger partial charge in [-0.2, -0.15) is 0 Å². The van der Waals surface area contributed by atoms with E-state index in [9.17, 15) is 4.79 Å². The van der Waals surface area contributed by atoms with Crippen LogP contribution in [0.1, 0.15) is 24.8 Å². The Balaban J connectivity index is 0.00000256. The SMILES string of the molecule is CCCN(C)C(=O)C(CN)c1ccccc1.Cl. The van der Waals surface area contributed by atoms with Crippen molar-refractivity contribution >= 4 is 18.3 Å². The number of carbonyl (C=O) groups is 1. The van der Waals surface area contributed by atoms with Crippen LogP contribution < -0.4 is 5.73 Å². The predicted octanol–water partition coefficient (Wildman–Crippen LogP) is 2.02. The van der Waals surface area contributed by atoms with Gasteiger partial charge in [-0.3, -0.25) is 4.79 Å². The zero-order valence-corrected chi connectivity index (χ0v) is 11.2. The van der Waals surface area contributed by atoms with E-state index < -0.39 is 0 Å². The summed E-state index contributed by atoms with van der Waals surface area (Å²) < 4.78 is 0. The number of amides is 1. The Morgan fingerprint density at radius 3 is 2.41 bits per heavy atom. The molecule has 3 nitrogen and oxygen atoms in total. The highest BCUT2D eigenvalue weighted by molar-refractivity contribution is 5.85. The Morgan fingerprint density at radius 1 is 1.35 bits per heavy atom. The molecule has 1 aromatic rings. The maximum atomic E-state index is 12.1. The molecule has 0 aliphatic carbocycles. The molecule has 1 aromatic carbocycles. The van der Waals surface area contributed by atoms with Crippen molar-refractivity contribution in [2.75, 3.05) is 20.1 Å². The second kappa shape index (κ2) is 8.09. The van der Waals surface area contributed by atoms with Crippen LogP contribution in [0.25, 0.3) is 0 Å². The van der Waals surface area contributed by atoms with Crippen molar-refractivity contribution in [3.8, 4) is 0 Å². The number of rotatable bonds is 5. The number of halogens is 1. The molecule has 1 unspecified atom stereocenters. The molecule has 1 rings (SSSR count). The third-order valence-electron chi connectivity index (χ3n) is 2.67. The maximum absolute atomic E-state index is 12.1. The summed E-state index contributed by atoms with van der Waals surface area (Å²) in [7, 11) is 1.83. The number of nitrogens with two attached hydrogens (primary N) is 1. The number of hydrogen-bond donors (Lipinski definition) is 1. The normalized spacial score (nSPS) is 11.5. The van der Waals surface area contributed by atoms with E-state index in [2.05, 4.69) is 6.92 Å². The molecule has 0 saturated heterocycles. The van der Waals surface area contributed by atoms with Gasteiger partial charge in [0.1, 0.15) is 0 Å². The Morgan fingerprint density at radius 2 is 1.94 bits per heavy atom. The lowest BCUT2D eigenvalue weighted by Crippen LogP contribution is -2.35. The van der Waals surface area contributed by atoms with Crippen LogP contribution in [0.15, 0.2) is 30.3 Å². The second-order valence-electron chi connectivity index (χ2n) is 3.96. The molecule has 0 heterocycles. The molecule has 0 saturated carbocycles. The number of benzene rings is 1. The average molecular weight is 257 g/mol. The molecular formula is C13H21ClN2O. The Labute approximate surface area is 109 Å². The molecular weight excluding hydrogens is 236 g/mol. The van der Waals surface area contributed by atoms with E-state index in [-0.39, 0.29) is 24.2 Å². The van der Waals surface area contributed by atoms with Crippen LogP contribution in [-0.4, -0.2) is 30.9 Å². The largest absolute Gasteiger partial charge is 0.345 e. The van der Waals surface area contributed by atoms with Gasteiger partial charge < -0.3 is 10.6 Å². The van der Waals surface area contributed by atoms with E-state index in [1.807, 2.05) is 37.4 Å². The molecule has 0 aliphatic rings. The summed E-state index contributed by atoms with van der Waals surface area (Å²) in [6, 6.07) is 9.72. The van der Waals surface area contributed by atoms with Crippen molar-refractivity contribution in [2.24, 2.45) is 5.73 Å². The van der Waals surface area contributed by atoms with E-state index in [1.165, 1.54) is 0 Å². The minimum atomic E-state index is -0.210. The fraction of sp³-hybridized carbons (Fsp3) is 0.462. The third-order valence-corrected chi connectivity index (χ3v) is 2.67. The van der Waals surface area contributed by atoms with Gasteiger partial charge in [-0.1, -0.05) is 37.3 Å². The summed E-state index contributed by atoms with van der Waals surface area (Å²) in [5.41, 5.74) is 6.69. The second-order valence-corrected chi connectivity index (χ2v) is 3.96. The molecule has 0 aromatic heterocycles. The van der Waals surface area contributed by atoms with Gasteiger partial charge in [0.15, 0.2) is 0 Å². The number of nitrogens with zero attached hydrogens (tertiary/aromatic N) is 1. The number of hydrogen-bond acceptors (Lipinski definition) is 2. The summed E-state index contributed by atoms with van der Waals surface area (Å²) in [6.45, 7) is 3.20. The van der Waals surface area contributed by atoms with Gasteiger partial charge in [-0.05, 0) is 12.0 Å². The standard InChI is InChI=1S/C13H20N2O.ClH/c1-3-9-15(2)13(16)12(10-14)11-7-5-4-6-8-11;/h4-8,12H,3,9-10,14H2,1-2H3;1H. The topological polar surface area (TPSA) is 46.3 Å². The van der Waals surface area contributed by atoms with Crippen LogP contribution in [0.5, 0.6) is 0 Å². The van der Waals surface area contributed by atoms with Gasteiger partial charge in [0.05, 0.1) is 5.92 Å². The minimum absolute atomic E-state index is 0. The first kappa shape index (κ1) is 15.9. The molecule has 1 amide bonds. The van der Waals surface area contributed by atoms with Crippen molar-refractivity contribution in [3.63, 3.8) is 0 Å². The fourth-order valence-corrected chi connectivity index (χ4v) is 1.78. The van der Waals surface area contributed by atoms with Gasteiger partial charge in [0.25, 0.3) is 0 Å². The van der Waals surface area contributed by atoms with Crippen molar-refractivity contribution in [2.45, 2.75) is 19.3 Å². The van der Waals surface area contributed by atoms with Crippen LogP contribution in [-0.2, 0) is 4.79 Å². The Kier molecular flexibility index (Phi) is 7.59. The van der Waals surface area contributed by atoms with Crippen LogP contribution in [0.3, 0.4) is 0 Å². The minimum Gasteiger partial charge on any atom is -0.345 e. The smallest absolute Gasteiger partial charge is 0.231 e. The van der Waals surface area contributed by atoms with Gasteiger partial charge >= 0.3 is 0 Å². The van der Waals surface area contributed by atoms with Gasteiger partial charge in [-0.15, -0.1) is 12.4 Å². The Bertz CT molecular complexity index is 329. The predicted molar refractivity (Wildman–Crippen MR) is 73.4 cm³/mol. The van der Waals surface area contributed by atoms with Crippen molar-refractivity contribution in [3.05, 3.63) is 35.9 Å². The zero-order chi connectivity index (χ0) is 12.0.